The van der Waals surface area contributed by atoms with Crippen LogP contribution in [0, 0.1) is 0 Å². The number of alkyl halides is 1. The molecular formula is C8H15FO. The van der Waals surface area contributed by atoms with E-state index in [1.165, 1.54) is 0 Å². The van der Waals surface area contributed by atoms with Crippen LogP contribution in [-0.2, 0) is 0 Å². The van der Waals surface area contributed by atoms with Crippen molar-refractivity contribution in [3.8, 4) is 0 Å². The van der Waals surface area contributed by atoms with Gasteiger partial charge in [0.15, 0.2) is 0 Å². The molecule has 1 fully saturated rings. The fourth-order valence-electron chi connectivity index (χ4n) is 1.42. The molecule has 0 aromatic carbocycles. The van der Waals surface area contributed by atoms with Crippen LogP contribution in [0.3, 0.4) is 0 Å². The van der Waals surface area contributed by atoms with Crippen molar-refractivity contribution in [1.82, 2.24) is 0 Å². The number of hydrogen-bond acceptors (Lipinski definition) is 1. The van der Waals surface area contributed by atoms with E-state index in [1.54, 1.807) is 0 Å². The summed E-state index contributed by atoms with van der Waals surface area (Å²) < 4.78 is 12.8. The van der Waals surface area contributed by atoms with E-state index < -0.39 is 12.3 Å². The molecule has 0 unspecified atom stereocenters. The summed E-state index contributed by atoms with van der Waals surface area (Å²) >= 11 is 0. The molecule has 1 saturated carbocycles. The molecule has 1 rings (SSSR count). The van der Waals surface area contributed by atoms with Gasteiger partial charge in [0.25, 0.3) is 0 Å². The minimum Gasteiger partial charge on any atom is -0.390 e. The molecule has 2 heteroatoms. The van der Waals surface area contributed by atoms with Gasteiger partial charge in [-0.3, -0.25) is 0 Å². The van der Waals surface area contributed by atoms with Crippen molar-refractivity contribution in [1.29, 1.82) is 0 Å². The number of aliphatic hydroxyl groups is 1. The fraction of sp³-hybridized carbons (Fsp3) is 1.00. The predicted octanol–water partition coefficient (Wildman–Crippen LogP) is 2.04. The van der Waals surface area contributed by atoms with Gasteiger partial charge in [-0.1, -0.05) is 25.7 Å². The highest BCUT2D eigenvalue weighted by Gasteiger charge is 2.18. The van der Waals surface area contributed by atoms with Crippen molar-refractivity contribution < 1.29 is 9.50 Å². The van der Waals surface area contributed by atoms with Gasteiger partial charge in [-0.05, 0) is 12.8 Å². The molecule has 1 nitrogen and oxygen atoms in total. The maximum Gasteiger partial charge on any atom is 0.126 e. The van der Waals surface area contributed by atoms with Crippen molar-refractivity contribution in [2.24, 2.45) is 0 Å². The Morgan fingerprint density at radius 2 is 1.60 bits per heavy atom. The van der Waals surface area contributed by atoms with Gasteiger partial charge >= 0.3 is 0 Å². The Labute approximate surface area is 61.2 Å². The van der Waals surface area contributed by atoms with E-state index in [-0.39, 0.29) is 0 Å². The first kappa shape index (κ1) is 7.99. The molecule has 0 aliphatic heterocycles. The Balaban J connectivity index is 2.28. The zero-order valence-electron chi connectivity index (χ0n) is 6.22. The first-order chi connectivity index (χ1) is 4.80. The Hall–Kier alpha value is -0.110. The Bertz CT molecular complexity index is 83.3. The lowest BCUT2D eigenvalue weighted by atomic mass is 9.97. The summed E-state index contributed by atoms with van der Waals surface area (Å²) in [6, 6.07) is 0. The zero-order valence-corrected chi connectivity index (χ0v) is 6.22. The Morgan fingerprint density at radius 1 is 1.00 bits per heavy atom. The Kier molecular flexibility index (Phi) is 3.13. The normalized spacial score (nSPS) is 36.6. The summed E-state index contributed by atoms with van der Waals surface area (Å²) in [5, 5.41) is 9.11. The van der Waals surface area contributed by atoms with E-state index in [9.17, 15) is 4.39 Å². The van der Waals surface area contributed by atoms with Crippen LogP contribution >= 0.6 is 0 Å². The first-order valence-corrected chi connectivity index (χ1v) is 4.13. The van der Waals surface area contributed by atoms with Crippen LogP contribution in [0.2, 0.25) is 0 Å². The molecule has 1 N–H and O–H groups in total. The molecule has 0 amide bonds. The molecule has 0 aromatic rings. The molecule has 0 saturated heterocycles. The van der Waals surface area contributed by atoms with Crippen LogP contribution in [0.15, 0.2) is 0 Å². The summed E-state index contributed by atoms with van der Waals surface area (Å²) in [5.74, 6) is 0. The SMILES string of the molecule is O[C@@H]1CCCCCC[C@H]1F. The number of halogens is 1. The molecule has 10 heavy (non-hydrogen) atoms. The van der Waals surface area contributed by atoms with Gasteiger partial charge < -0.3 is 5.11 Å². The molecule has 0 aromatic heterocycles. The van der Waals surface area contributed by atoms with Crippen LogP contribution in [0.1, 0.15) is 38.5 Å². The van der Waals surface area contributed by atoms with Crippen molar-refractivity contribution in [2.75, 3.05) is 0 Å². The second-order valence-corrected chi connectivity index (χ2v) is 3.07. The maximum absolute atomic E-state index is 12.8. The summed E-state index contributed by atoms with van der Waals surface area (Å²) in [6.07, 6.45) is 3.79. The quantitative estimate of drug-likeness (QED) is 0.554. The maximum atomic E-state index is 12.8. The lowest BCUT2D eigenvalue weighted by molar-refractivity contribution is 0.0570. The first-order valence-electron chi connectivity index (χ1n) is 4.13. The van der Waals surface area contributed by atoms with E-state index in [0.717, 1.165) is 25.7 Å². The van der Waals surface area contributed by atoms with Crippen LogP contribution in [0.25, 0.3) is 0 Å². The van der Waals surface area contributed by atoms with Gasteiger partial charge in [0.05, 0.1) is 6.10 Å². The minimum absolute atomic E-state index is 0.557. The average Bonchev–Trinajstić information content (AvgIpc) is 1.92. The van der Waals surface area contributed by atoms with Crippen molar-refractivity contribution in [3.63, 3.8) is 0 Å². The zero-order chi connectivity index (χ0) is 7.40. The smallest absolute Gasteiger partial charge is 0.126 e. The monoisotopic (exact) mass is 146 g/mol. The van der Waals surface area contributed by atoms with Crippen LogP contribution in [0.5, 0.6) is 0 Å². The van der Waals surface area contributed by atoms with E-state index in [0.29, 0.717) is 12.8 Å². The van der Waals surface area contributed by atoms with Crippen molar-refractivity contribution in [3.05, 3.63) is 0 Å². The van der Waals surface area contributed by atoms with E-state index >= 15 is 0 Å². The van der Waals surface area contributed by atoms with E-state index in [2.05, 4.69) is 0 Å². The molecule has 2 atom stereocenters. The number of hydrogen-bond donors (Lipinski definition) is 1. The molecule has 0 heterocycles. The second-order valence-electron chi connectivity index (χ2n) is 3.07. The molecule has 1 aliphatic carbocycles. The molecule has 60 valence electrons. The molecule has 1 aliphatic rings. The van der Waals surface area contributed by atoms with Gasteiger partial charge in [0, 0.05) is 0 Å². The van der Waals surface area contributed by atoms with Crippen LogP contribution in [-0.4, -0.2) is 17.4 Å². The second kappa shape index (κ2) is 3.91. The van der Waals surface area contributed by atoms with Gasteiger partial charge in [-0.25, -0.2) is 4.39 Å². The highest BCUT2D eigenvalue weighted by Crippen LogP contribution is 2.19. The lowest BCUT2D eigenvalue weighted by Gasteiger charge is -2.18. The summed E-state index contributed by atoms with van der Waals surface area (Å²) in [4.78, 5) is 0. The lowest BCUT2D eigenvalue weighted by Crippen LogP contribution is -2.22. The van der Waals surface area contributed by atoms with E-state index in [4.69, 9.17) is 5.11 Å². The average molecular weight is 146 g/mol. The Morgan fingerprint density at radius 3 is 2.30 bits per heavy atom. The van der Waals surface area contributed by atoms with Crippen molar-refractivity contribution in [2.45, 2.75) is 50.8 Å². The van der Waals surface area contributed by atoms with Crippen molar-refractivity contribution >= 4 is 0 Å². The number of rotatable bonds is 0. The standard InChI is InChI=1S/C8H15FO/c9-7-5-3-1-2-4-6-8(7)10/h7-8,10H,1-6H2/t7-,8-/m1/s1. The fourth-order valence-corrected chi connectivity index (χ4v) is 1.42. The van der Waals surface area contributed by atoms with Crippen LogP contribution in [0.4, 0.5) is 4.39 Å². The predicted molar refractivity (Wildman–Crippen MR) is 38.6 cm³/mol. The number of aliphatic hydroxyl groups excluding tert-OH is 1. The highest BCUT2D eigenvalue weighted by molar-refractivity contribution is 4.70. The van der Waals surface area contributed by atoms with Gasteiger partial charge in [0.1, 0.15) is 6.17 Å². The highest BCUT2D eigenvalue weighted by atomic mass is 19.1. The third kappa shape index (κ3) is 2.25. The third-order valence-corrected chi connectivity index (χ3v) is 2.15. The molecule has 0 radical (unpaired) electrons. The summed E-state index contributed by atoms with van der Waals surface area (Å²) in [6.45, 7) is 0. The van der Waals surface area contributed by atoms with Crippen LogP contribution < -0.4 is 0 Å². The molecule has 0 spiro atoms. The van der Waals surface area contributed by atoms with Gasteiger partial charge in [-0.2, -0.15) is 0 Å². The molecular weight excluding hydrogens is 131 g/mol. The summed E-state index contributed by atoms with van der Waals surface area (Å²) in [5.41, 5.74) is 0. The minimum atomic E-state index is -0.958. The van der Waals surface area contributed by atoms with E-state index in [1.807, 2.05) is 0 Å². The van der Waals surface area contributed by atoms with Gasteiger partial charge in [0.2, 0.25) is 0 Å². The summed E-state index contributed by atoms with van der Waals surface area (Å²) in [7, 11) is 0. The largest absolute Gasteiger partial charge is 0.390 e. The van der Waals surface area contributed by atoms with Gasteiger partial charge in [-0.15, -0.1) is 0 Å². The third-order valence-electron chi connectivity index (χ3n) is 2.15. The topological polar surface area (TPSA) is 20.2 Å². The molecule has 0 bridgehead atoms.